The number of nitrogens with one attached hydrogen (secondary N) is 1. The van der Waals surface area contributed by atoms with E-state index in [4.69, 9.17) is 11.6 Å². The van der Waals surface area contributed by atoms with Crippen molar-refractivity contribution in [2.45, 2.75) is 39.0 Å². The smallest absolute Gasteiger partial charge is 0.0408 e. The Bertz CT molecular complexity index is 375. The number of benzene rings is 1. The summed E-state index contributed by atoms with van der Waals surface area (Å²) in [5.74, 6) is 2.21. The monoisotopic (exact) mass is 265 g/mol. The maximum atomic E-state index is 6.10. The highest BCUT2D eigenvalue weighted by Crippen LogP contribution is 2.39. The van der Waals surface area contributed by atoms with Gasteiger partial charge in [0, 0.05) is 5.02 Å². The van der Waals surface area contributed by atoms with Crippen molar-refractivity contribution >= 4 is 11.6 Å². The normalized spacial score (nSPS) is 23.8. The van der Waals surface area contributed by atoms with Crippen molar-refractivity contribution in [2.24, 2.45) is 11.8 Å². The van der Waals surface area contributed by atoms with Crippen LogP contribution in [-0.2, 0) is 0 Å². The zero-order valence-electron chi connectivity index (χ0n) is 11.5. The van der Waals surface area contributed by atoms with E-state index in [1.165, 1.54) is 24.8 Å². The zero-order valence-corrected chi connectivity index (χ0v) is 12.2. The van der Waals surface area contributed by atoms with Crippen LogP contribution in [0.2, 0.25) is 5.02 Å². The van der Waals surface area contributed by atoms with Gasteiger partial charge >= 0.3 is 0 Å². The van der Waals surface area contributed by atoms with Gasteiger partial charge in [-0.2, -0.15) is 0 Å². The second kappa shape index (κ2) is 6.58. The molecule has 1 nitrogen and oxygen atoms in total. The van der Waals surface area contributed by atoms with Gasteiger partial charge in [-0.05, 0) is 61.4 Å². The lowest BCUT2D eigenvalue weighted by Crippen LogP contribution is -2.27. The molecular weight excluding hydrogens is 242 g/mol. The highest BCUT2D eigenvalue weighted by molar-refractivity contribution is 6.30. The van der Waals surface area contributed by atoms with E-state index in [1.54, 1.807) is 0 Å². The summed E-state index contributed by atoms with van der Waals surface area (Å²) in [5.41, 5.74) is 1.43. The van der Waals surface area contributed by atoms with Gasteiger partial charge in [-0.15, -0.1) is 0 Å². The van der Waals surface area contributed by atoms with Gasteiger partial charge in [0.15, 0.2) is 0 Å². The van der Waals surface area contributed by atoms with Gasteiger partial charge in [0.1, 0.15) is 0 Å². The molecule has 1 aromatic rings. The molecule has 2 unspecified atom stereocenters. The lowest BCUT2D eigenvalue weighted by atomic mass is 9.89. The molecule has 1 aliphatic carbocycles. The lowest BCUT2D eigenvalue weighted by Gasteiger charge is -2.21. The SMILES string of the molecule is CC(C)CNCC1CCCC1c1cccc(Cl)c1. The molecule has 2 heteroatoms. The Morgan fingerprint density at radius 2 is 2.17 bits per heavy atom. The summed E-state index contributed by atoms with van der Waals surface area (Å²) >= 11 is 6.10. The van der Waals surface area contributed by atoms with Gasteiger partial charge < -0.3 is 5.32 Å². The first kappa shape index (κ1) is 13.9. The molecule has 0 aromatic heterocycles. The third-order valence-corrected chi connectivity index (χ3v) is 4.13. The van der Waals surface area contributed by atoms with E-state index >= 15 is 0 Å². The summed E-state index contributed by atoms with van der Waals surface area (Å²) in [7, 11) is 0. The van der Waals surface area contributed by atoms with Gasteiger partial charge in [0.25, 0.3) is 0 Å². The quantitative estimate of drug-likeness (QED) is 0.828. The van der Waals surface area contributed by atoms with E-state index in [0.29, 0.717) is 5.92 Å². The molecule has 1 aromatic carbocycles. The van der Waals surface area contributed by atoms with Crippen molar-refractivity contribution in [3.8, 4) is 0 Å². The summed E-state index contributed by atoms with van der Waals surface area (Å²) in [6, 6.07) is 8.42. The highest BCUT2D eigenvalue weighted by Gasteiger charge is 2.28. The lowest BCUT2D eigenvalue weighted by molar-refractivity contribution is 0.425. The molecule has 2 rings (SSSR count). The van der Waals surface area contributed by atoms with Crippen molar-refractivity contribution in [1.82, 2.24) is 5.32 Å². The van der Waals surface area contributed by atoms with E-state index in [1.807, 2.05) is 6.07 Å². The summed E-state index contributed by atoms with van der Waals surface area (Å²) in [6.45, 7) is 6.79. The van der Waals surface area contributed by atoms with E-state index in [-0.39, 0.29) is 0 Å². The van der Waals surface area contributed by atoms with Crippen LogP contribution in [0.15, 0.2) is 24.3 Å². The number of halogens is 1. The fourth-order valence-electron chi connectivity index (χ4n) is 3.01. The average Bonchev–Trinajstić information content (AvgIpc) is 2.77. The fourth-order valence-corrected chi connectivity index (χ4v) is 3.21. The molecule has 1 saturated carbocycles. The van der Waals surface area contributed by atoms with Crippen LogP contribution < -0.4 is 5.32 Å². The van der Waals surface area contributed by atoms with Gasteiger partial charge in [-0.25, -0.2) is 0 Å². The van der Waals surface area contributed by atoms with Crippen LogP contribution in [0.1, 0.15) is 44.6 Å². The third-order valence-electron chi connectivity index (χ3n) is 3.90. The minimum atomic E-state index is 0.698. The van der Waals surface area contributed by atoms with Crippen molar-refractivity contribution in [3.63, 3.8) is 0 Å². The first-order valence-electron chi connectivity index (χ1n) is 7.13. The van der Waals surface area contributed by atoms with E-state index in [2.05, 4.69) is 37.4 Å². The molecule has 18 heavy (non-hydrogen) atoms. The maximum Gasteiger partial charge on any atom is 0.0408 e. The second-order valence-electron chi connectivity index (χ2n) is 5.90. The Kier molecular flexibility index (Phi) is 5.08. The van der Waals surface area contributed by atoms with Crippen LogP contribution in [-0.4, -0.2) is 13.1 Å². The van der Waals surface area contributed by atoms with Gasteiger partial charge in [0.2, 0.25) is 0 Å². The van der Waals surface area contributed by atoms with E-state index < -0.39 is 0 Å². The number of rotatable bonds is 5. The Hall–Kier alpha value is -0.530. The molecule has 0 radical (unpaired) electrons. The van der Waals surface area contributed by atoms with E-state index in [0.717, 1.165) is 29.9 Å². The zero-order chi connectivity index (χ0) is 13.0. The Balaban J connectivity index is 1.95. The van der Waals surface area contributed by atoms with Crippen LogP contribution in [0.3, 0.4) is 0 Å². The summed E-state index contributed by atoms with van der Waals surface area (Å²) in [5, 5.41) is 4.48. The van der Waals surface area contributed by atoms with Crippen molar-refractivity contribution < 1.29 is 0 Å². The van der Waals surface area contributed by atoms with Crippen LogP contribution >= 0.6 is 11.6 Å². The summed E-state index contributed by atoms with van der Waals surface area (Å²) in [4.78, 5) is 0. The Morgan fingerprint density at radius 1 is 1.33 bits per heavy atom. The molecule has 0 heterocycles. The summed E-state index contributed by atoms with van der Waals surface area (Å²) < 4.78 is 0. The molecule has 0 bridgehead atoms. The average molecular weight is 266 g/mol. The molecule has 0 saturated heterocycles. The van der Waals surface area contributed by atoms with Crippen LogP contribution in [0, 0.1) is 11.8 Å². The number of hydrogen-bond donors (Lipinski definition) is 1. The molecule has 1 N–H and O–H groups in total. The van der Waals surface area contributed by atoms with E-state index in [9.17, 15) is 0 Å². The first-order valence-corrected chi connectivity index (χ1v) is 7.51. The van der Waals surface area contributed by atoms with Crippen LogP contribution in [0.25, 0.3) is 0 Å². The minimum absolute atomic E-state index is 0.698. The molecule has 1 fully saturated rings. The van der Waals surface area contributed by atoms with Crippen LogP contribution in [0.4, 0.5) is 0 Å². The van der Waals surface area contributed by atoms with Crippen molar-refractivity contribution in [2.75, 3.05) is 13.1 Å². The third kappa shape index (κ3) is 3.73. The van der Waals surface area contributed by atoms with Crippen LogP contribution in [0.5, 0.6) is 0 Å². The molecule has 100 valence electrons. The molecule has 0 amide bonds. The fraction of sp³-hybridized carbons (Fsp3) is 0.625. The molecular formula is C16H24ClN. The minimum Gasteiger partial charge on any atom is -0.316 e. The highest BCUT2D eigenvalue weighted by atomic mass is 35.5. The Morgan fingerprint density at radius 3 is 2.89 bits per heavy atom. The molecule has 1 aliphatic rings. The van der Waals surface area contributed by atoms with Gasteiger partial charge in [-0.1, -0.05) is 44.0 Å². The molecule has 0 aliphatic heterocycles. The topological polar surface area (TPSA) is 12.0 Å². The standard InChI is InChI=1S/C16H24ClN/c1-12(2)10-18-11-14-6-4-8-16(14)13-5-3-7-15(17)9-13/h3,5,7,9,12,14,16,18H,4,6,8,10-11H2,1-2H3. The van der Waals surface area contributed by atoms with Gasteiger partial charge in [0.05, 0.1) is 0 Å². The predicted octanol–water partition coefficient (Wildman–Crippen LogP) is 4.47. The maximum absolute atomic E-state index is 6.10. The number of hydrogen-bond acceptors (Lipinski definition) is 1. The second-order valence-corrected chi connectivity index (χ2v) is 6.34. The Labute approximate surface area is 116 Å². The molecule has 2 atom stereocenters. The largest absolute Gasteiger partial charge is 0.316 e. The first-order chi connectivity index (χ1) is 8.66. The predicted molar refractivity (Wildman–Crippen MR) is 79.2 cm³/mol. The van der Waals surface area contributed by atoms with Crippen molar-refractivity contribution in [3.05, 3.63) is 34.9 Å². The summed E-state index contributed by atoms with van der Waals surface area (Å²) in [6.07, 6.45) is 4.02. The molecule has 0 spiro atoms. The van der Waals surface area contributed by atoms with Crippen molar-refractivity contribution in [1.29, 1.82) is 0 Å². The van der Waals surface area contributed by atoms with Gasteiger partial charge in [-0.3, -0.25) is 0 Å².